The van der Waals surface area contributed by atoms with Crippen molar-refractivity contribution in [2.45, 2.75) is 12.4 Å². The van der Waals surface area contributed by atoms with Gasteiger partial charge in [0.25, 0.3) is 0 Å². The molecule has 1 aliphatic rings. The number of hydrogen-bond acceptors (Lipinski definition) is 6. The van der Waals surface area contributed by atoms with E-state index in [2.05, 4.69) is 20.1 Å². The minimum atomic E-state index is -4.48. The maximum Gasteiger partial charge on any atom is 0.540 e. The van der Waals surface area contributed by atoms with Gasteiger partial charge in [-0.1, -0.05) is 0 Å². The van der Waals surface area contributed by atoms with Crippen molar-refractivity contribution >= 4 is 17.4 Å². The van der Waals surface area contributed by atoms with Crippen LogP contribution in [0.2, 0.25) is 0 Å². The van der Waals surface area contributed by atoms with Gasteiger partial charge in [0.2, 0.25) is 6.20 Å². The standard InChI is InChI=1S/C22H14F4N4O5/c1-32-30-9-8-17(11-15(30)12-27)33-16-5-2-13(3-6-16)28-20(31)29-14-4-7-19-18(10-14)21(23,24)35-22(25,26)34-19/h2-11H,1H3,(H-,28,29,31)/p+1. The zero-order chi connectivity index (χ0) is 25.2. The fourth-order valence-corrected chi connectivity index (χ4v) is 3.09. The van der Waals surface area contributed by atoms with Crippen molar-refractivity contribution in [1.82, 2.24) is 0 Å². The zero-order valence-corrected chi connectivity index (χ0v) is 17.7. The second-order valence-corrected chi connectivity index (χ2v) is 6.97. The summed E-state index contributed by atoms with van der Waals surface area (Å²) in [6, 6.07) is 13.1. The summed E-state index contributed by atoms with van der Waals surface area (Å²) >= 11 is 0. The number of amides is 2. The van der Waals surface area contributed by atoms with Crippen molar-refractivity contribution in [2.24, 2.45) is 0 Å². The number of carbonyl (C=O) groups excluding carboxylic acids is 1. The lowest BCUT2D eigenvalue weighted by atomic mass is 10.1. The number of anilines is 2. The first-order valence-corrected chi connectivity index (χ1v) is 9.74. The molecule has 13 heteroatoms. The molecule has 0 fully saturated rings. The average molecular weight is 491 g/mol. The molecule has 0 atom stereocenters. The van der Waals surface area contributed by atoms with Crippen LogP contribution in [0.25, 0.3) is 0 Å². The number of fused-ring (bicyclic) bond motifs is 1. The highest BCUT2D eigenvalue weighted by Gasteiger charge is 2.54. The molecule has 180 valence electrons. The number of nitrogens with zero attached hydrogens (tertiary/aromatic N) is 2. The number of urea groups is 1. The third-order valence-electron chi connectivity index (χ3n) is 4.58. The van der Waals surface area contributed by atoms with Crippen LogP contribution < -0.4 is 29.7 Å². The minimum absolute atomic E-state index is 0.107. The Balaban J connectivity index is 1.39. The van der Waals surface area contributed by atoms with Crippen LogP contribution >= 0.6 is 0 Å². The minimum Gasteiger partial charge on any atom is -0.457 e. The molecule has 2 heterocycles. The SMILES string of the molecule is CO[n+]1ccc(Oc2ccc(NC(=O)Nc3ccc4c(c3)C(F)(F)OC(F)(F)O4)cc2)cc1C#N. The molecule has 0 saturated heterocycles. The van der Waals surface area contributed by atoms with Crippen molar-refractivity contribution in [3.05, 3.63) is 72.1 Å². The van der Waals surface area contributed by atoms with E-state index in [9.17, 15) is 22.4 Å². The molecule has 4 rings (SSSR count). The van der Waals surface area contributed by atoms with Gasteiger partial charge in [-0.15, -0.1) is 8.78 Å². The Labute approximate surface area is 195 Å². The number of rotatable bonds is 5. The van der Waals surface area contributed by atoms with Crippen LogP contribution in [-0.4, -0.2) is 19.4 Å². The summed E-state index contributed by atoms with van der Waals surface area (Å²) in [5.74, 6) is 0.0112. The Kier molecular flexibility index (Phi) is 6.06. The Bertz CT molecular complexity index is 1310. The Morgan fingerprint density at radius 1 is 1.00 bits per heavy atom. The summed E-state index contributed by atoms with van der Waals surface area (Å²) in [4.78, 5) is 17.2. The molecule has 0 aliphatic carbocycles. The van der Waals surface area contributed by atoms with Crippen molar-refractivity contribution in [1.29, 1.82) is 5.26 Å². The molecule has 9 nitrogen and oxygen atoms in total. The highest BCUT2D eigenvalue weighted by atomic mass is 19.3. The van der Waals surface area contributed by atoms with Gasteiger partial charge in [-0.25, -0.2) is 9.53 Å². The maximum atomic E-state index is 13.9. The zero-order valence-electron chi connectivity index (χ0n) is 17.7. The molecule has 35 heavy (non-hydrogen) atoms. The van der Waals surface area contributed by atoms with Gasteiger partial charge in [0.05, 0.1) is 11.6 Å². The molecule has 0 unspecified atom stereocenters. The first-order valence-electron chi connectivity index (χ1n) is 9.74. The number of ether oxygens (including phenoxy) is 3. The van der Waals surface area contributed by atoms with E-state index in [0.29, 0.717) is 17.2 Å². The second-order valence-electron chi connectivity index (χ2n) is 6.97. The Morgan fingerprint density at radius 3 is 2.37 bits per heavy atom. The van der Waals surface area contributed by atoms with E-state index in [4.69, 9.17) is 14.8 Å². The molecule has 0 radical (unpaired) electrons. The molecule has 3 aromatic rings. The predicted molar refractivity (Wildman–Crippen MR) is 110 cm³/mol. The molecule has 0 spiro atoms. The van der Waals surface area contributed by atoms with Gasteiger partial charge in [0.15, 0.2) is 6.07 Å². The molecule has 0 bridgehead atoms. The van der Waals surface area contributed by atoms with Gasteiger partial charge in [0.1, 0.15) is 24.4 Å². The van der Waals surface area contributed by atoms with Crippen molar-refractivity contribution in [2.75, 3.05) is 17.7 Å². The van der Waals surface area contributed by atoms with Gasteiger partial charge < -0.3 is 20.1 Å². The maximum absolute atomic E-state index is 13.9. The fourth-order valence-electron chi connectivity index (χ4n) is 3.09. The molecule has 2 amide bonds. The summed E-state index contributed by atoms with van der Waals surface area (Å²) in [5.41, 5.74) is -0.512. The average Bonchev–Trinajstić information content (AvgIpc) is 2.79. The van der Waals surface area contributed by atoms with Gasteiger partial charge in [-0.2, -0.15) is 14.0 Å². The summed E-state index contributed by atoms with van der Waals surface area (Å²) in [6.45, 7) is 0. The van der Waals surface area contributed by atoms with E-state index in [1.54, 1.807) is 18.2 Å². The Hall–Kier alpha value is -4.57. The second kappa shape index (κ2) is 8.99. The van der Waals surface area contributed by atoms with E-state index in [1.165, 1.54) is 36.2 Å². The Morgan fingerprint density at radius 2 is 1.69 bits per heavy atom. The van der Waals surface area contributed by atoms with Crippen LogP contribution in [0.5, 0.6) is 17.2 Å². The summed E-state index contributed by atoms with van der Waals surface area (Å²) in [6.07, 6.45) is -7.30. The molecule has 1 aliphatic heterocycles. The molecule has 0 saturated carbocycles. The highest BCUT2D eigenvalue weighted by molar-refractivity contribution is 5.99. The summed E-state index contributed by atoms with van der Waals surface area (Å²) < 4.78 is 68.4. The van der Waals surface area contributed by atoms with Crippen LogP contribution in [0.3, 0.4) is 0 Å². The number of aromatic nitrogens is 1. The van der Waals surface area contributed by atoms with Gasteiger partial charge >= 0.3 is 24.1 Å². The summed E-state index contributed by atoms with van der Waals surface area (Å²) in [5, 5.41) is 13.9. The smallest absolute Gasteiger partial charge is 0.457 e. The molecule has 2 aromatic carbocycles. The first-order chi connectivity index (χ1) is 16.6. The van der Waals surface area contributed by atoms with E-state index < -0.39 is 29.7 Å². The topological polar surface area (TPSA) is 106 Å². The third kappa shape index (κ3) is 5.33. The number of carbonyl (C=O) groups is 1. The van der Waals surface area contributed by atoms with Gasteiger partial charge in [0, 0.05) is 22.2 Å². The number of hydrogen-bond donors (Lipinski definition) is 2. The fraction of sp³-hybridized carbons (Fsp3) is 0.136. The van der Waals surface area contributed by atoms with Crippen molar-refractivity contribution in [3.8, 4) is 23.3 Å². The quantitative estimate of drug-likeness (QED) is 0.406. The lowest BCUT2D eigenvalue weighted by Gasteiger charge is -2.30. The van der Waals surface area contributed by atoms with Gasteiger partial charge in [-0.05, 0) is 42.5 Å². The number of pyridine rings is 1. The van der Waals surface area contributed by atoms with Crippen molar-refractivity contribution < 1.29 is 46.1 Å². The number of nitriles is 1. The number of halogens is 4. The van der Waals surface area contributed by atoms with Crippen molar-refractivity contribution in [3.63, 3.8) is 0 Å². The van der Waals surface area contributed by atoms with E-state index in [-0.39, 0.29) is 11.4 Å². The van der Waals surface area contributed by atoms with Crippen LogP contribution in [0.15, 0.2) is 60.8 Å². The third-order valence-corrected chi connectivity index (χ3v) is 4.58. The lowest BCUT2D eigenvalue weighted by molar-refractivity contribution is -0.887. The first kappa shape index (κ1) is 23.6. The molecular weight excluding hydrogens is 476 g/mol. The lowest BCUT2D eigenvalue weighted by Crippen LogP contribution is -2.43. The molecule has 1 aromatic heterocycles. The highest BCUT2D eigenvalue weighted by Crippen LogP contribution is 2.46. The number of alkyl halides is 4. The number of benzene rings is 2. The summed E-state index contributed by atoms with van der Waals surface area (Å²) in [7, 11) is 1.41. The van der Waals surface area contributed by atoms with Crippen LogP contribution in [0, 0.1) is 11.3 Å². The predicted octanol–water partition coefficient (Wildman–Crippen LogP) is 4.35. The van der Waals surface area contributed by atoms with Crippen LogP contribution in [0.1, 0.15) is 11.3 Å². The monoisotopic (exact) mass is 491 g/mol. The largest absolute Gasteiger partial charge is 0.540 e. The van der Waals surface area contributed by atoms with Crippen LogP contribution in [0.4, 0.5) is 33.7 Å². The van der Waals surface area contributed by atoms with E-state index in [1.807, 2.05) is 6.07 Å². The normalized spacial score (nSPS) is 15.1. The van der Waals surface area contributed by atoms with E-state index in [0.717, 1.165) is 18.2 Å². The van der Waals surface area contributed by atoms with Crippen LogP contribution in [-0.2, 0) is 10.8 Å². The van der Waals surface area contributed by atoms with Gasteiger partial charge in [-0.3, -0.25) is 4.84 Å². The number of nitrogens with one attached hydrogen (secondary N) is 2. The van der Waals surface area contributed by atoms with E-state index >= 15 is 0 Å². The molecule has 2 N–H and O–H groups in total. The molecular formula is C22H15F4N4O5+.